The molecular weight excluding hydrogens is 264 g/mol. The van der Waals surface area contributed by atoms with Gasteiger partial charge < -0.3 is 15.7 Å². The first-order valence-corrected chi connectivity index (χ1v) is 8.11. The number of thioether (sulfide) groups is 1. The number of nitrogens with one attached hydrogen (secondary N) is 2. The maximum Gasteiger partial charge on any atom is 0.315 e. The molecule has 1 rings (SSSR count). The molecule has 1 aliphatic carbocycles. The van der Waals surface area contributed by atoms with Gasteiger partial charge in [-0.1, -0.05) is 6.92 Å². The van der Waals surface area contributed by atoms with Gasteiger partial charge in [0.15, 0.2) is 0 Å². The number of carboxylic acid groups (broad SMARTS) is 1. The summed E-state index contributed by atoms with van der Waals surface area (Å²) >= 11 is 1.90. The Labute approximate surface area is 118 Å². The predicted octanol–water partition coefficient (Wildman–Crippen LogP) is 2.07. The van der Waals surface area contributed by atoms with E-state index in [0.717, 1.165) is 30.9 Å². The van der Waals surface area contributed by atoms with Gasteiger partial charge in [-0.15, -0.1) is 0 Å². The largest absolute Gasteiger partial charge is 0.481 e. The summed E-state index contributed by atoms with van der Waals surface area (Å²) in [5.41, 5.74) is 0. The Morgan fingerprint density at radius 2 is 1.95 bits per heavy atom. The molecule has 0 saturated heterocycles. The maximum atomic E-state index is 11.6. The summed E-state index contributed by atoms with van der Waals surface area (Å²) in [6.07, 6.45) is 6.97. The standard InChI is InChI=1S/C13H24N2O3S/c1-9(12(16)17)7-8-14-13(18)15-10-3-5-11(19-2)6-4-10/h9-11H,3-8H2,1-2H3,(H,16,17)(H2,14,15,18). The fourth-order valence-electron chi connectivity index (χ4n) is 2.20. The first-order chi connectivity index (χ1) is 9.02. The Bertz CT molecular complexity index is 304. The third-order valence-electron chi connectivity index (χ3n) is 3.63. The fourth-order valence-corrected chi connectivity index (χ4v) is 2.95. The number of hydrogen-bond acceptors (Lipinski definition) is 3. The van der Waals surface area contributed by atoms with Gasteiger partial charge in [0.2, 0.25) is 0 Å². The lowest BCUT2D eigenvalue weighted by Crippen LogP contribution is -2.44. The number of carbonyl (C=O) groups excluding carboxylic acids is 1. The van der Waals surface area contributed by atoms with E-state index in [4.69, 9.17) is 5.11 Å². The van der Waals surface area contributed by atoms with Crippen molar-refractivity contribution >= 4 is 23.8 Å². The van der Waals surface area contributed by atoms with Crippen LogP contribution >= 0.6 is 11.8 Å². The normalized spacial score (nSPS) is 24.5. The first kappa shape index (κ1) is 16.1. The average molecular weight is 288 g/mol. The predicted molar refractivity (Wildman–Crippen MR) is 77.5 cm³/mol. The summed E-state index contributed by atoms with van der Waals surface area (Å²) in [6.45, 7) is 2.05. The van der Waals surface area contributed by atoms with Crippen LogP contribution < -0.4 is 10.6 Å². The quantitative estimate of drug-likeness (QED) is 0.699. The summed E-state index contributed by atoms with van der Waals surface area (Å²) in [5, 5.41) is 15.1. The zero-order valence-corrected chi connectivity index (χ0v) is 12.5. The minimum absolute atomic E-state index is 0.176. The summed E-state index contributed by atoms with van der Waals surface area (Å²) in [5.74, 6) is -1.24. The van der Waals surface area contributed by atoms with E-state index in [1.54, 1.807) is 6.92 Å². The van der Waals surface area contributed by atoms with Gasteiger partial charge in [-0.2, -0.15) is 11.8 Å². The maximum absolute atomic E-state index is 11.6. The lowest BCUT2D eigenvalue weighted by Gasteiger charge is -2.28. The molecular formula is C13H24N2O3S. The van der Waals surface area contributed by atoms with E-state index < -0.39 is 11.9 Å². The fraction of sp³-hybridized carbons (Fsp3) is 0.846. The van der Waals surface area contributed by atoms with Crippen molar-refractivity contribution in [1.82, 2.24) is 10.6 Å². The van der Waals surface area contributed by atoms with E-state index in [-0.39, 0.29) is 12.1 Å². The third kappa shape index (κ3) is 6.18. The van der Waals surface area contributed by atoms with Crippen molar-refractivity contribution in [2.24, 2.45) is 5.92 Å². The molecule has 110 valence electrons. The number of rotatable bonds is 6. The van der Waals surface area contributed by atoms with Crippen LogP contribution in [0.25, 0.3) is 0 Å². The van der Waals surface area contributed by atoms with E-state index in [9.17, 15) is 9.59 Å². The van der Waals surface area contributed by atoms with E-state index in [0.29, 0.717) is 13.0 Å². The van der Waals surface area contributed by atoms with E-state index in [1.165, 1.54) is 0 Å². The average Bonchev–Trinajstić information content (AvgIpc) is 2.39. The number of urea groups is 1. The Kier molecular flexibility index (Phi) is 7.05. The number of carboxylic acids is 1. The summed E-state index contributed by atoms with van der Waals surface area (Å²) in [6, 6.07) is 0.0884. The van der Waals surface area contributed by atoms with Crippen LogP contribution in [0.4, 0.5) is 4.79 Å². The highest BCUT2D eigenvalue weighted by Gasteiger charge is 2.21. The van der Waals surface area contributed by atoms with E-state index in [2.05, 4.69) is 16.9 Å². The molecule has 0 heterocycles. The molecule has 1 atom stereocenters. The van der Waals surface area contributed by atoms with Crippen molar-refractivity contribution in [1.29, 1.82) is 0 Å². The SMILES string of the molecule is CSC1CCC(NC(=O)NCCC(C)C(=O)O)CC1. The van der Waals surface area contributed by atoms with Crippen molar-refractivity contribution in [2.45, 2.75) is 50.3 Å². The zero-order chi connectivity index (χ0) is 14.3. The highest BCUT2D eigenvalue weighted by atomic mass is 32.2. The van der Waals surface area contributed by atoms with Crippen molar-refractivity contribution in [3.63, 3.8) is 0 Å². The lowest BCUT2D eigenvalue weighted by molar-refractivity contribution is -0.141. The monoisotopic (exact) mass is 288 g/mol. The highest BCUT2D eigenvalue weighted by molar-refractivity contribution is 7.99. The first-order valence-electron chi connectivity index (χ1n) is 6.83. The minimum Gasteiger partial charge on any atom is -0.481 e. The second kappa shape index (κ2) is 8.30. The molecule has 1 fully saturated rings. The molecule has 1 unspecified atom stereocenters. The zero-order valence-electron chi connectivity index (χ0n) is 11.6. The molecule has 1 saturated carbocycles. The van der Waals surface area contributed by atoms with Crippen LogP contribution in [0.5, 0.6) is 0 Å². The van der Waals surface area contributed by atoms with E-state index in [1.807, 2.05) is 11.8 Å². The smallest absolute Gasteiger partial charge is 0.315 e. The number of aliphatic carboxylic acids is 1. The van der Waals surface area contributed by atoms with Gasteiger partial charge in [0.05, 0.1) is 5.92 Å². The van der Waals surface area contributed by atoms with Crippen LogP contribution in [0.3, 0.4) is 0 Å². The van der Waals surface area contributed by atoms with Gasteiger partial charge in [0.1, 0.15) is 0 Å². The lowest BCUT2D eigenvalue weighted by atomic mass is 9.95. The third-order valence-corrected chi connectivity index (χ3v) is 4.77. The molecule has 3 N–H and O–H groups in total. The van der Waals surface area contributed by atoms with Gasteiger partial charge in [0.25, 0.3) is 0 Å². The molecule has 0 radical (unpaired) electrons. The van der Waals surface area contributed by atoms with Gasteiger partial charge in [-0.3, -0.25) is 4.79 Å². The summed E-state index contributed by atoms with van der Waals surface area (Å²) in [7, 11) is 0. The molecule has 0 spiro atoms. The highest BCUT2D eigenvalue weighted by Crippen LogP contribution is 2.26. The van der Waals surface area contributed by atoms with Crippen molar-refractivity contribution in [3.05, 3.63) is 0 Å². The van der Waals surface area contributed by atoms with Gasteiger partial charge in [-0.25, -0.2) is 4.79 Å². The van der Waals surface area contributed by atoms with Crippen LogP contribution in [0.15, 0.2) is 0 Å². The molecule has 0 aliphatic heterocycles. The molecule has 2 amide bonds. The molecule has 19 heavy (non-hydrogen) atoms. The van der Waals surface area contributed by atoms with Crippen molar-refractivity contribution in [2.75, 3.05) is 12.8 Å². The van der Waals surface area contributed by atoms with Crippen LogP contribution in [0.1, 0.15) is 39.0 Å². The Balaban J connectivity index is 2.13. The molecule has 5 nitrogen and oxygen atoms in total. The second-order valence-corrected chi connectivity index (χ2v) is 6.28. The molecule has 6 heteroatoms. The second-order valence-electron chi connectivity index (χ2n) is 5.14. The number of amides is 2. The molecule has 0 bridgehead atoms. The van der Waals surface area contributed by atoms with Crippen LogP contribution in [0.2, 0.25) is 0 Å². The molecule has 0 aromatic rings. The van der Waals surface area contributed by atoms with Crippen LogP contribution in [-0.2, 0) is 4.79 Å². The Morgan fingerprint density at radius 3 is 2.47 bits per heavy atom. The molecule has 0 aromatic heterocycles. The van der Waals surface area contributed by atoms with Gasteiger partial charge in [0, 0.05) is 17.8 Å². The number of carbonyl (C=O) groups is 2. The summed E-state index contributed by atoms with van der Waals surface area (Å²) < 4.78 is 0. The minimum atomic E-state index is -0.822. The van der Waals surface area contributed by atoms with Gasteiger partial charge >= 0.3 is 12.0 Å². The van der Waals surface area contributed by atoms with Crippen molar-refractivity contribution < 1.29 is 14.7 Å². The van der Waals surface area contributed by atoms with Crippen LogP contribution in [-0.4, -0.2) is 41.2 Å². The number of hydrogen-bond donors (Lipinski definition) is 3. The van der Waals surface area contributed by atoms with E-state index >= 15 is 0 Å². The van der Waals surface area contributed by atoms with Crippen LogP contribution in [0, 0.1) is 5.92 Å². The molecule has 1 aliphatic rings. The molecule has 0 aromatic carbocycles. The van der Waals surface area contributed by atoms with Crippen molar-refractivity contribution in [3.8, 4) is 0 Å². The Hall–Kier alpha value is -0.910. The van der Waals surface area contributed by atoms with Gasteiger partial charge in [-0.05, 0) is 38.4 Å². The summed E-state index contributed by atoms with van der Waals surface area (Å²) in [4.78, 5) is 22.3. The topological polar surface area (TPSA) is 78.4 Å². The Morgan fingerprint density at radius 1 is 1.32 bits per heavy atom.